The standard InChI is InChI=1S/C22H24BrFN4O3/c1-29-20-12-16-19(13-21(20)31-8-2-5-28-6-9-30-10-7-28)25-14-26-22(16)27-18-4-3-15(23)11-17(18)24/h3-4,11-14H,2,5-10H2,1H3,(H,25,26,27). The zero-order valence-corrected chi connectivity index (χ0v) is 18.8. The highest BCUT2D eigenvalue weighted by molar-refractivity contribution is 9.10. The molecule has 2 heterocycles. The van der Waals surface area contributed by atoms with Crippen LogP contribution in [-0.2, 0) is 4.74 Å². The van der Waals surface area contributed by atoms with Crippen LogP contribution in [0.3, 0.4) is 0 Å². The Morgan fingerprint density at radius 3 is 2.77 bits per heavy atom. The summed E-state index contributed by atoms with van der Waals surface area (Å²) in [7, 11) is 1.59. The van der Waals surface area contributed by atoms with E-state index in [0.29, 0.717) is 45.0 Å². The van der Waals surface area contributed by atoms with E-state index in [1.54, 1.807) is 19.2 Å². The second-order valence-electron chi connectivity index (χ2n) is 7.15. The maximum atomic E-state index is 14.3. The number of benzene rings is 2. The molecule has 0 spiro atoms. The van der Waals surface area contributed by atoms with E-state index in [-0.39, 0.29) is 5.82 Å². The predicted molar refractivity (Wildman–Crippen MR) is 121 cm³/mol. The molecule has 0 atom stereocenters. The third kappa shape index (κ3) is 5.41. The number of anilines is 2. The van der Waals surface area contributed by atoms with Gasteiger partial charge in [-0.15, -0.1) is 0 Å². The van der Waals surface area contributed by atoms with E-state index in [4.69, 9.17) is 14.2 Å². The van der Waals surface area contributed by atoms with Crippen LogP contribution in [0.5, 0.6) is 11.5 Å². The van der Waals surface area contributed by atoms with E-state index < -0.39 is 0 Å². The van der Waals surface area contributed by atoms with Gasteiger partial charge in [0.05, 0.1) is 38.1 Å². The topological polar surface area (TPSA) is 68.7 Å². The minimum Gasteiger partial charge on any atom is -0.493 e. The molecule has 4 rings (SSSR count). The number of aromatic nitrogens is 2. The Morgan fingerprint density at radius 1 is 1.16 bits per heavy atom. The highest BCUT2D eigenvalue weighted by Gasteiger charge is 2.14. The molecule has 0 amide bonds. The molecule has 1 N–H and O–H groups in total. The van der Waals surface area contributed by atoms with Crippen LogP contribution in [-0.4, -0.2) is 61.4 Å². The van der Waals surface area contributed by atoms with Crippen LogP contribution in [0, 0.1) is 5.82 Å². The van der Waals surface area contributed by atoms with Crippen LogP contribution in [0.2, 0.25) is 0 Å². The van der Waals surface area contributed by atoms with Gasteiger partial charge in [-0.1, -0.05) is 15.9 Å². The zero-order chi connectivity index (χ0) is 21.6. The molecular weight excluding hydrogens is 467 g/mol. The molecule has 3 aromatic rings. The Labute approximate surface area is 188 Å². The summed E-state index contributed by atoms with van der Waals surface area (Å²) in [6.45, 7) is 5.04. The van der Waals surface area contributed by atoms with Crippen molar-refractivity contribution in [1.82, 2.24) is 14.9 Å². The summed E-state index contributed by atoms with van der Waals surface area (Å²) in [5.41, 5.74) is 1.00. The van der Waals surface area contributed by atoms with Gasteiger partial charge in [0.15, 0.2) is 11.5 Å². The number of hydrogen-bond donors (Lipinski definition) is 1. The molecule has 0 unspecified atom stereocenters. The van der Waals surface area contributed by atoms with Gasteiger partial charge in [0.25, 0.3) is 0 Å². The van der Waals surface area contributed by atoms with E-state index in [1.165, 1.54) is 12.4 Å². The average molecular weight is 491 g/mol. The largest absolute Gasteiger partial charge is 0.493 e. The number of nitrogens with zero attached hydrogens (tertiary/aromatic N) is 3. The summed E-state index contributed by atoms with van der Waals surface area (Å²) in [6.07, 6.45) is 2.34. The van der Waals surface area contributed by atoms with E-state index in [9.17, 15) is 4.39 Å². The minimum absolute atomic E-state index is 0.325. The SMILES string of the molecule is COc1cc2c(Nc3ccc(Br)cc3F)ncnc2cc1OCCCN1CCOCC1. The number of rotatable bonds is 8. The van der Waals surface area contributed by atoms with Crippen molar-refractivity contribution in [2.45, 2.75) is 6.42 Å². The van der Waals surface area contributed by atoms with Gasteiger partial charge in [-0.25, -0.2) is 14.4 Å². The number of fused-ring (bicyclic) bond motifs is 1. The number of methoxy groups -OCH3 is 1. The minimum atomic E-state index is -0.381. The van der Waals surface area contributed by atoms with E-state index in [0.717, 1.165) is 39.3 Å². The maximum Gasteiger partial charge on any atom is 0.163 e. The van der Waals surface area contributed by atoms with Crippen molar-refractivity contribution < 1.29 is 18.6 Å². The molecular formula is C22H24BrFN4O3. The van der Waals surface area contributed by atoms with Gasteiger partial charge in [-0.3, -0.25) is 4.90 Å². The monoisotopic (exact) mass is 490 g/mol. The van der Waals surface area contributed by atoms with Crippen LogP contribution >= 0.6 is 15.9 Å². The van der Waals surface area contributed by atoms with Gasteiger partial charge >= 0.3 is 0 Å². The summed E-state index contributed by atoms with van der Waals surface area (Å²) in [4.78, 5) is 11.0. The number of morpholine rings is 1. The lowest BCUT2D eigenvalue weighted by Gasteiger charge is -2.26. The molecule has 0 radical (unpaired) electrons. The molecule has 31 heavy (non-hydrogen) atoms. The lowest BCUT2D eigenvalue weighted by Crippen LogP contribution is -2.37. The molecule has 7 nitrogen and oxygen atoms in total. The molecule has 1 aliphatic heterocycles. The number of nitrogens with one attached hydrogen (secondary N) is 1. The van der Waals surface area contributed by atoms with Gasteiger partial charge in [0.2, 0.25) is 0 Å². The second-order valence-corrected chi connectivity index (χ2v) is 8.06. The highest BCUT2D eigenvalue weighted by Crippen LogP contribution is 2.35. The van der Waals surface area contributed by atoms with Crippen molar-refractivity contribution in [3.05, 3.63) is 46.9 Å². The quantitative estimate of drug-likeness (QED) is 0.469. The van der Waals surface area contributed by atoms with E-state index >= 15 is 0 Å². The summed E-state index contributed by atoms with van der Waals surface area (Å²) < 4.78 is 31.8. The van der Waals surface area contributed by atoms with Crippen LogP contribution in [0.4, 0.5) is 15.9 Å². The highest BCUT2D eigenvalue weighted by atomic mass is 79.9. The maximum absolute atomic E-state index is 14.3. The molecule has 1 aliphatic rings. The van der Waals surface area contributed by atoms with Crippen LogP contribution in [0.1, 0.15) is 6.42 Å². The summed E-state index contributed by atoms with van der Waals surface area (Å²) in [5.74, 6) is 1.31. The Balaban J connectivity index is 1.49. The molecule has 1 saturated heterocycles. The fraction of sp³-hybridized carbons (Fsp3) is 0.364. The van der Waals surface area contributed by atoms with Crippen LogP contribution < -0.4 is 14.8 Å². The fourth-order valence-corrected chi connectivity index (χ4v) is 3.78. The first-order valence-electron chi connectivity index (χ1n) is 10.1. The van der Waals surface area contributed by atoms with Gasteiger partial charge in [0, 0.05) is 35.6 Å². The van der Waals surface area contributed by atoms with E-state index in [1.807, 2.05) is 12.1 Å². The van der Waals surface area contributed by atoms with Gasteiger partial charge in [-0.05, 0) is 30.7 Å². The average Bonchev–Trinajstić information content (AvgIpc) is 2.79. The molecule has 164 valence electrons. The summed E-state index contributed by atoms with van der Waals surface area (Å²) >= 11 is 3.26. The number of ether oxygens (including phenoxy) is 3. The Morgan fingerprint density at radius 2 is 2.00 bits per heavy atom. The zero-order valence-electron chi connectivity index (χ0n) is 17.2. The van der Waals surface area contributed by atoms with Crippen molar-refractivity contribution in [2.24, 2.45) is 0 Å². The normalized spacial score (nSPS) is 14.5. The van der Waals surface area contributed by atoms with E-state index in [2.05, 4.69) is 36.1 Å². The fourth-order valence-electron chi connectivity index (χ4n) is 3.45. The Hall–Kier alpha value is -2.49. The molecule has 9 heteroatoms. The van der Waals surface area contributed by atoms with Crippen molar-refractivity contribution in [3.8, 4) is 11.5 Å². The smallest absolute Gasteiger partial charge is 0.163 e. The first-order chi connectivity index (χ1) is 15.1. The predicted octanol–water partition coefficient (Wildman–Crippen LogP) is 4.38. The van der Waals surface area contributed by atoms with Crippen molar-refractivity contribution in [3.63, 3.8) is 0 Å². The first kappa shape index (κ1) is 21.7. The van der Waals surface area contributed by atoms with Crippen molar-refractivity contribution in [1.29, 1.82) is 0 Å². The van der Waals surface area contributed by atoms with Crippen molar-refractivity contribution >= 4 is 38.3 Å². The van der Waals surface area contributed by atoms with Gasteiger partial charge in [0.1, 0.15) is 18.0 Å². The Bertz CT molecular complexity index is 1050. The molecule has 0 saturated carbocycles. The third-order valence-corrected chi connectivity index (χ3v) is 5.58. The summed E-state index contributed by atoms with van der Waals surface area (Å²) in [5, 5.41) is 3.75. The number of halogens is 2. The molecule has 1 fully saturated rings. The Kier molecular flexibility index (Phi) is 7.16. The van der Waals surface area contributed by atoms with Gasteiger partial charge in [-0.2, -0.15) is 0 Å². The first-order valence-corrected chi connectivity index (χ1v) is 10.9. The molecule has 0 bridgehead atoms. The third-order valence-electron chi connectivity index (χ3n) is 5.08. The second kappa shape index (κ2) is 10.2. The lowest BCUT2D eigenvalue weighted by atomic mass is 10.2. The van der Waals surface area contributed by atoms with Crippen molar-refractivity contribution in [2.75, 3.05) is 51.9 Å². The molecule has 1 aromatic heterocycles. The molecule has 0 aliphatic carbocycles. The number of hydrogen-bond acceptors (Lipinski definition) is 7. The lowest BCUT2D eigenvalue weighted by molar-refractivity contribution is 0.0357. The molecule has 2 aromatic carbocycles. The van der Waals surface area contributed by atoms with Crippen LogP contribution in [0.25, 0.3) is 10.9 Å². The van der Waals surface area contributed by atoms with Gasteiger partial charge < -0.3 is 19.5 Å². The van der Waals surface area contributed by atoms with Crippen LogP contribution in [0.15, 0.2) is 41.1 Å². The summed E-state index contributed by atoms with van der Waals surface area (Å²) in [6, 6.07) is 8.45.